The predicted octanol–water partition coefficient (Wildman–Crippen LogP) is 5.17. The van der Waals surface area contributed by atoms with Crippen LogP contribution in [-0.4, -0.2) is 28.9 Å². The Morgan fingerprint density at radius 2 is 1.97 bits per heavy atom. The molecule has 0 aliphatic carbocycles. The number of aromatic nitrogens is 2. The Morgan fingerprint density at radius 1 is 1.17 bits per heavy atom. The number of hydrogen-bond acceptors (Lipinski definition) is 5. The molecule has 7 heteroatoms. The number of nitrogens with zero attached hydrogens (tertiary/aromatic N) is 2. The molecule has 2 N–H and O–H groups in total. The highest BCUT2D eigenvalue weighted by Crippen LogP contribution is 2.21. The summed E-state index contributed by atoms with van der Waals surface area (Å²) in [6, 6.07) is 12.9. The number of hydrogen-bond donors (Lipinski definition) is 2. The Labute approximate surface area is 176 Å². The number of rotatable bonds is 12. The summed E-state index contributed by atoms with van der Waals surface area (Å²) in [5.41, 5.74) is 4.34. The van der Waals surface area contributed by atoms with E-state index >= 15 is 0 Å². The molecule has 1 aromatic carbocycles. The van der Waals surface area contributed by atoms with Crippen LogP contribution in [0, 0.1) is 0 Å². The number of amides is 1. The third-order valence-electron chi connectivity index (χ3n) is 4.64. The summed E-state index contributed by atoms with van der Waals surface area (Å²) in [4.78, 5) is 12.2. The van der Waals surface area contributed by atoms with E-state index in [1.165, 1.54) is 44.6 Å². The van der Waals surface area contributed by atoms with Crippen molar-refractivity contribution in [1.29, 1.82) is 0 Å². The lowest BCUT2D eigenvalue weighted by atomic mass is 10.1. The van der Waals surface area contributed by atoms with Gasteiger partial charge >= 0.3 is 0 Å². The fourth-order valence-corrected chi connectivity index (χ4v) is 2.96. The van der Waals surface area contributed by atoms with Crippen LogP contribution >= 0.6 is 0 Å². The molecule has 0 unspecified atom stereocenters. The van der Waals surface area contributed by atoms with Gasteiger partial charge in [0.2, 0.25) is 0 Å². The molecule has 0 aliphatic rings. The van der Waals surface area contributed by atoms with E-state index in [1.54, 1.807) is 18.2 Å². The van der Waals surface area contributed by atoms with Crippen LogP contribution in [0.3, 0.4) is 0 Å². The molecule has 0 saturated heterocycles. The molecule has 1 amide bonds. The van der Waals surface area contributed by atoms with Gasteiger partial charge in [0, 0.05) is 5.56 Å². The van der Waals surface area contributed by atoms with Crippen LogP contribution in [0.5, 0.6) is 5.75 Å². The first-order valence-corrected chi connectivity index (χ1v) is 10.4. The van der Waals surface area contributed by atoms with Gasteiger partial charge in [0.05, 0.1) is 24.8 Å². The summed E-state index contributed by atoms with van der Waals surface area (Å²) in [5.74, 6) is 1.02. The Balaban J connectivity index is 1.45. The standard InChI is InChI=1S/C23H28N4O3/c1-2-3-4-5-6-7-14-29-19-12-10-18(11-13-19)21-16-22(26-25-21)23(28)27-24-17-20-9-8-15-30-20/h8-13,15-17H,2-7,14H2,1H3,(H,25,26)(H,27,28)/b24-17-. The highest BCUT2D eigenvalue weighted by Gasteiger charge is 2.10. The molecule has 3 rings (SSSR count). The Morgan fingerprint density at radius 3 is 2.73 bits per heavy atom. The number of unbranched alkanes of at least 4 members (excludes halogenated alkanes) is 5. The molecule has 0 fully saturated rings. The minimum absolute atomic E-state index is 0.324. The quantitative estimate of drug-likeness (QED) is 0.246. The van der Waals surface area contributed by atoms with Gasteiger partial charge in [-0.25, -0.2) is 5.43 Å². The van der Waals surface area contributed by atoms with Gasteiger partial charge in [0.25, 0.3) is 5.91 Å². The SMILES string of the molecule is CCCCCCCCOc1ccc(-c2cc(C(=O)N/N=C\c3ccco3)[nH]n2)cc1. The van der Waals surface area contributed by atoms with E-state index in [-0.39, 0.29) is 5.91 Å². The molecule has 0 radical (unpaired) electrons. The molecular weight excluding hydrogens is 380 g/mol. The fraction of sp³-hybridized carbons (Fsp3) is 0.348. The van der Waals surface area contributed by atoms with E-state index in [9.17, 15) is 4.79 Å². The molecule has 3 aromatic rings. The Kier molecular flexibility index (Phi) is 8.26. The first kappa shape index (κ1) is 21.4. The van der Waals surface area contributed by atoms with E-state index in [0.29, 0.717) is 17.1 Å². The second-order valence-electron chi connectivity index (χ2n) is 7.02. The van der Waals surface area contributed by atoms with Gasteiger partial charge < -0.3 is 9.15 Å². The number of carbonyl (C=O) groups is 1. The van der Waals surface area contributed by atoms with E-state index in [0.717, 1.165) is 24.3 Å². The summed E-state index contributed by atoms with van der Waals surface area (Å²) in [6.45, 7) is 2.96. The van der Waals surface area contributed by atoms with Crippen LogP contribution in [-0.2, 0) is 0 Å². The zero-order valence-corrected chi connectivity index (χ0v) is 17.3. The largest absolute Gasteiger partial charge is 0.494 e. The minimum atomic E-state index is -0.379. The normalized spacial score (nSPS) is 11.1. The van der Waals surface area contributed by atoms with Crippen LogP contribution < -0.4 is 10.2 Å². The van der Waals surface area contributed by atoms with Crippen molar-refractivity contribution < 1.29 is 13.9 Å². The maximum absolute atomic E-state index is 12.2. The van der Waals surface area contributed by atoms with Crippen LogP contribution in [0.25, 0.3) is 11.3 Å². The first-order valence-electron chi connectivity index (χ1n) is 10.4. The Bertz CT molecular complexity index is 914. The average molecular weight is 409 g/mol. The molecular formula is C23H28N4O3. The summed E-state index contributed by atoms with van der Waals surface area (Å²) in [6.07, 6.45) is 10.4. The van der Waals surface area contributed by atoms with Gasteiger partial charge in [-0.1, -0.05) is 39.0 Å². The Hall–Kier alpha value is -3.35. The number of nitrogens with one attached hydrogen (secondary N) is 2. The van der Waals surface area contributed by atoms with Crippen LogP contribution in [0.15, 0.2) is 58.2 Å². The van der Waals surface area contributed by atoms with Crippen LogP contribution in [0.2, 0.25) is 0 Å². The number of hydrazone groups is 1. The number of benzene rings is 1. The molecule has 158 valence electrons. The lowest BCUT2D eigenvalue weighted by molar-refractivity contribution is 0.0950. The van der Waals surface area contributed by atoms with Crippen LogP contribution in [0.1, 0.15) is 61.7 Å². The predicted molar refractivity (Wildman–Crippen MR) is 117 cm³/mol. The van der Waals surface area contributed by atoms with Gasteiger partial charge in [-0.05, 0) is 48.9 Å². The average Bonchev–Trinajstić information content (AvgIpc) is 3.46. The van der Waals surface area contributed by atoms with E-state index in [1.807, 2.05) is 24.3 Å². The van der Waals surface area contributed by atoms with Gasteiger partial charge in [0.1, 0.15) is 17.2 Å². The zero-order valence-electron chi connectivity index (χ0n) is 17.3. The molecule has 0 bridgehead atoms. The molecule has 30 heavy (non-hydrogen) atoms. The van der Waals surface area contributed by atoms with E-state index < -0.39 is 0 Å². The molecule has 0 atom stereocenters. The van der Waals surface area contributed by atoms with Crippen LogP contribution in [0.4, 0.5) is 0 Å². The van der Waals surface area contributed by atoms with E-state index in [2.05, 4.69) is 27.6 Å². The van der Waals surface area contributed by atoms with Crippen molar-refractivity contribution in [1.82, 2.24) is 15.6 Å². The summed E-state index contributed by atoms with van der Waals surface area (Å²) >= 11 is 0. The molecule has 7 nitrogen and oxygen atoms in total. The molecule has 2 heterocycles. The number of carbonyl (C=O) groups excluding carboxylic acids is 1. The number of aromatic amines is 1. The second-order valence-corrected chi connectivity index (χ2v) is 7.02. The highest BCUT2D eigenvalue weighted by atomic mass is 16.5. The lowest BCUT2D eigenvalue weighted by Crippen LogP contribution is -2.17. The van der Waals surface area contributed by atoms with Crippen molar-refractivity contribution in [3.8, 4) is 17.0 Å². The second kappa shape index (κ2) is 11.6. The summed E-state index contributed by atoms with van der Waals surface area (Å²) < 4.78 is 10.9. The molecule has 0 aliphatic heterocycles. The maximum Gasteiger partial charge on any atom is 0.289 e. The van der Waals surface area contributed by atoms with Crippen molar-refractivity contribution in [2.75, 3.05) is 6.61 Å². The topological polar surface area (TPSA) is 92.5 Å². The third kappa shape index (κ3) is 6.62. The molecule has 0 spiro atoms. The van der Waals surface area contributed by atoms with Gasteiger partial charge in [0.15, 0.2) is 0 Å². The third-order valence-corrected chi connectivity index (χ3v) is 4.64. The maximum atomic E-state index is 12.2. The highest BCUT2D eigenvalue weighted by molar-refractivity contribution is 5.93. The smallest absolute Gasteiger partial charge is 0.289 e. The summed E-state index contributed by atoms with van der Waals surface area (Å²) in [5, 5.41) is 10.8. The van der Waals surface area contributed by atoms with Gasteiger partial charge in [-0.15, -0.1) is 0 Å². The number of ether oxygens (including phenoxy) is 1. The van der Waals surface area contributed by atoms with Crippen molar-refractivity contribution in [2.45, 2.75) is 45.4 Å². The van der Waals surface area contributed by atoms with Crippen molar-refractivity contribution >= 4 is 12.1 Å². The van der Waals surface area contributed by atoms with Crippen molar-refractivity contribution in [2.24, 2.45) is 5.10 Å². The van der Waals surface area contributed by atoms with Crippen molar-refractivity contribution in [3.05, 3.63) is 60.2 Å². The minimum Gasteiger partial charge on any atom is -0.494 e. The first-order chi connectivity index (χ1) is 14.8. The van der Waals surface area contributed by atoms with E-state index in [4.69, 9.17) is 9.15 Å². The zero-order chi connectivity index (χ0) is 21.0. The lowest BCUT2D eigenvalue weighted by Gasteiger charge is -2.06. The number of furan rings is 1. The summed E-state index contributed by atoms with van der Waals surface area (Å²) in [7, 11) is 0. The molecule has 2 aromatic heterocycles. The fourth-order valence-electron chi connectivity index (χ4n) is 2.96. The van der Waals surface area contributed by atoms with Gasteiger partial charge in [-0.2, -0.15) is 10.2 Å². The van der Waals surface area contributed by atoms with Crippen molar-refractivity contribution in [3.63, 3.8) is 0 Å². The molecule has 0 saturated carbocycles. The van der Waals surface area contributed by atoms with Gasteiger partial charge in [-0.3, -0.25) is 9.89 Å². The number of H-pyrrole nitrogens is 1. The monoisotopic (exact) mass is 408 g/mol.